The summed E-state index contributed by atoms with van der Waals surface area (Å²) in [6.45, 7) is -0.274. The number of ether oxygens (including phenoxy) is 2. The molecule has 0 aromatic heterocycles. The fourth-order valence-corrected chi connectivity index (χ4v) is 2.61. The topological polar surface area (TPSA) is 76.7 Å². The Kier molecular flexibility index (Phi) is 7.09. The number of nitrogens with one attached hydrogen (secondary N) is 2. The van der Waals surface area contributed by atoms with Crippen LogP contribution < -0.4 is 20.3 Å². The van der Waals surface area contributed by atoms with Crippen molar-refractivity contribution in [2.45, 2.75) is 6.42 Å². The smallest absolute Gasteiger partial charge is 0.276 e. The molecule has 0 saturated carbocycles. The second-order valence-electron chi connectivity index (χ2n) is 4.98. The summed E-state index contributed by atoms with van der Waals surface area (Å²) >= 11 is 9.27. The minimum atomic E-state index is -0.498. The molecule has 0 aliphatic rings. The van der Waals surface area contributed by atoms with Gasteiger partial charge in [-0.15, -0.1) is 0 Å². The number of benzene rings is 2. The lowest BCUT2D eigenvalue weighted by Gasteiger charge is -2.10. The van der Waals surface area contributed by atoms with Gasteiger partial charge in [0.1, 0.15) is 11.5 Å². The van der Waals surface area contributed by atoms with Crippen LogP contribution in [0, 0.1) is 0 Å². The first-order valence-corrected chi connectivity index (χ1v) is 8.43. The number of hydrogen-bond acceptors (Lipinski definition) is 4. The minimum Gasteiger partial charge on any atom is -0.497 e. The molecule has 0 aliphatic heterocycles. The highest BCUT2D eigenvalue weighted by atomic mass is 79.9. The molecule has 0 spiro atoms. The average Bonchev–Trinajstić information content (AvgIpc) is 2.60. The first kappa shape index (κ1) is 19.1. The highest BCUT2D eigenvalue weighted by Crippen LogP contribution is 2.27. The molecule has 2 aromatic rings. The molecule has 2 N–H and O–H groups in total. The van der Waals surface area contributed by atoms with Crippen molar-refractivity contribution < 1.29 is 19.1 Å². The maximum absolute atomic E-state index is 11.8. The van der Waals surface area contributed by atoms with Crippen LogP contribution in [0.5, 0.6) is 11.5 Å². The molecular formula is C17H16BrClN2O4. The monoisotopic (exact) mass is 426 g/mol. The van der Waals surface area contributed by atoms with Gasteiger partial charge < -0.3 is 9.47 Å². The molecule has 0 heterocycles. The second kappa shape index (κ2) is 9.29. The molecule has 2 amide bonds. The summed E-state index contributed by atoms with van der Waals surface area (Å²) in [5, 5.41) is 0.380. The van der Waals surface area contributed by atoms with E-state index in [9.17, 15) is 9.59 Å². The maximum atomic E-state index is 11.8. The van der Waals surface area contributed by atoms with Crippen molar-refractivity contribution in [1.82, 2.24) is 10.9 Å². The van der Waals surface area contributed by atoms with Crippen LogP contribution in [0.25, 0.3) is 0 Å². The molecule has 0 bridgehead atoms. The van der Waals surface area contributed by atoms with E-state index < -0.39 is 5.91 Å². The van der Waals surface area contributed by atoms with E-state index in [4.69, 9.17) is 21.1 Å². The van der Waals surface area contributed by atoms with Crippen molar-refractivity contribution in [3.63, 3.8) is 0 Å². The Labute approximate surface area is 158 Å². The van der Waals surface area contributed by atoms with E-state index >= 15 is 0 Å². The number of carbonyl (C=O) groups is 2. The normalized spacial score (nSPS) is 10.0. The van der Waals surface area contributed by atoms with Crippen molar-refractivity contribution in [3.05, 3.63) is 57.5 Å². The lowest BCUT2D eigenvalue weighted by molar-refractivity contribution is -0.129. The van der Waals surface area contributed by atoms with Crippen molar-refractivity contribution in [2.24, 2.45) is 0 Å². The third-order valence-electron chi connectivity index (χ3n) is 3.12. The Morgan fingerprint density at radius 3 is 2.40 bits per heavy atom. The van der Waals surface area contributed by atoms with Gasteiger partial charge in [-0.25, -0.2) is 0 Å². The minimum absolute atomic E-state index is 0.129. The highest BCUT2D eigenvalue weighted by Gasteiger charge is 2.08. The summed E-state index contributed by atoms with van der Waals surface area (Å²) in [4.78, 5) is 23.5. The molecule has 0 unspecified atom stereocenters. The van der Waals surface area contributed by atoms with E-state index in [1.165, 1.54) is 0 Å². The van der Waals surface area contributed by atoms with Crippen LogP contribution in [0.15, 0.2) is 46.9 Å². The highest BCUT2D eigenvalue weighted by molar-refractivity contribution is 9.10. The molecule has 0 radical (unpaired) electrons. The third-order valence-corrected chi connectivity index (χ3v) is 3.91. The molecular weight excluding hydrogens is 412 g/mol. The van der Waals surface area contributed by atoms with Gasteiger partial charge in [0, 0.05) is 4.47 Å². The Bertz CT molecular complexity index is 753. The molecule has 8 heteroatoms. The Morgan fingerprint density at radius 2 is 1.76 bits per heavy atom. The maximum Gasteiger partial charge on any atom is 0.276 e. The summed E-state index contributed by atoms with van der Waals surface area (Å²) in [6, 6.07) is 12.1. The first-order chi connectivity index (χ1) is 12.0. The van der Waals surface area contributed by atoms with Gasteiger partial charge in [-0.05, 0) is 35.9 Å². The van der Waals surface area contributed by atoms with Crippen LogP contribution in [-0.2, 0) is 16.0 Å². The SMILES string of the molecule is COc1ccc(CC(=O)NNC(=O)COc2ccc(Br)cc2Cl)cc1. The van der Waals surface area contributed by atoms with Gasteiger partial charge in [-0.3, -0.25) is 20.4 Å². The number of rotatable bonds is 6. The van der Waals surface area contributed by atoms with Crippen LogP contribution in [0.4, 0.5) is 0 Å². The fraction of sp³-hybridized carbons (Fsp3) is 0.176. The standard InChI is InChI=1S/C17H16BrClN2O4/c1-24-13-5-2-11(3-6-13)8-16(22)20-21-17(23)10-25-15-7-4-12(18)9-14(15)19/h2-7,9H,8,10H2,1H3,(H,20,22)(H,21,23). The molecule has 0 aliphatic carbocycles. The van der Waals surface area contributed by atoms with Gasteiger partial charge in [-0.2, -0.15) is 0 Å². The number of hydrazine groups is 1. The molecule has 0 fully saturated rings. The molecule has 0 atom stereocenters. The van der Waals surface area contributed by atoms with E-state index in [0.717, 1.165) is 10.0 Å². The van der Waals surface area contributed by atoms with Gasteiger partial charge in [0.05, 0.1) is 18.6 Å². The van der Waals surface area contributed by atoms with Crippen LogP contribution in [0.2, 0.25) is 5.02 Å². The van der Waals surface area contributed by atoms with Crippen molar-refractivity contribution in [3.8, 4) is 11.5 Å². The summed E-state index contributed by atoms with van der Waals surface area (Å²) in [5.74, 6) is 0.244. The van der Waals surface area contributed by atoms with Gasteiger partial charge in [0.15, 0.2) is 6.61 Å². The lowest BCUT2D eigenvalue weighted by Crippen LogP contribution is -2.44. The fourth-order valence-electron chi connectivity index (χ4n) is 1.88. The van der Waals surface area contributed by atoms with Crippen molar-refractivity contribution in [1.29, 1.82) is 0 Å². The first-order valence-electron chi connectivity index (χ1n) is 7.26. The van der Waals surface area contributed by atoms with Gasteiger partial charge >= 0.3 is 0 Å². The number of methoxy groups -OCH3 is 1. The zero-order valence-electron chi connectivity index (χ0n) is 13.3. The van der Waals surface area contributed by atoms with E-state index in [2.05, 4.69) is 26.8 Å². The van der Waals surface area contributed by atoms with E-state index in [1.54, 1.807) is 49.6 Å². The number of hydrogen-bond donors (Lipinski definition) is 2. The summed E-state index contributed by atoms with van der Waals surface area (Å²) in [7, 11) is 1.57. The lowest BCUT2D eigenvalue weighted by atomic mass is 10.1. The molecule has 132 valence electrons. The number of carbonyl (C=O) groups excluding carboxylic acids is 2. The van der Waals surface area contributed by atoms with Gasteiger partial charge in [0.25, 0.3) is 5.91 Å². The number of halogens is 2. The number of amides is 2. The quantitative estimate of drug-likeness (QED) is 0.695. The summed E-state index contributed by atoms with van der Waals surface area (Å²) in [6.07, 6.45) is 0.129. The molecule has 0 saturated heterocycles. The Balaban J connectivity index is 1.74. The van der Waals surface area contributed by atoms with Gasteiger partial charge in [0.2, 0.25) is 5.91 Å². The zero-order valence-corrected chi connectivity index (χ0v) is 15.7. The largest absolute Gasteiger partial charge is 0.497 e. The van der Waals surface area contributed by atoms with E-state index in [-0.39, 0.29) is 18.9 Å². The summed E-state index contributed by atoms with van der Waals surface area (Å²) < 4.78 is 11.2. The third kappa shape index (κ3) is 6.28. The van der Waals surface area contributed by atoms with Crippen molar-refractivity contribution in [2.75, 3.05) is 13.7 Å². The zero-order chi connectivity index (χ0) is 18.2. The molecule has 25 heavy (non-hydrogen) atoms. The van der Waals surface area contributed by atoms with E-state index in [0.29, 0.717) is 16.5 Å². The predicted molar refractivity (Wildman–Crippen MR) is 97.6 cm³/mol. The summed E-state index contributed by atoms with van der Waals surface area (Å²) in [5.41, 5.74) is 5.41. The molecule has 2 aromatic carbocycles. The predicted octanol–water partition coefficient (Wildman–Crippen LogP) is 2.88. The van der Waals surface area contributed by atoms with Crippen LogP contribution in [0.1, 0.15) is 5.56 Å². The Hall–Kier alpha value is -2.25. The van der Waals surface area contributed by atoms with Crippen molar-refractivity contribution >= 4 is 39.3 Å². The molecule has 6 nitrogen and oxygen atoms in total. The Morgan fingerprint density at radius 1 is 1.08 bits per heavy atom. The average molecular weight is 428 g/mol. The van der Waals surface area contributed by atoms with Gasteiger partial charge in [-0.1, -0.05) is 39.7 Å². The second-order valence-corrected chi connectivity index (χ2v) is 6.31. The van der Waals surface area contributed by atoms with E-state index in [1.807, 2.05) is 0 Å². The van der Waals surface area contributed by atoms with Crippen LogP contribution >= 0.6 is 27.5 Å². The molecule has 2 rings (SSSR count). The van der Waals surface area contributed by atoms with Crippen LogP contribution in [-0.4, -0.2) is 25.5 Å². The van der Waals surface area contributed by atoms with Crippen LogP contribution in [0.3, 0.4) is 0 Å².